The second-order valence-electron chi connectivity index (χ2n) is 4.82. The Balaban J connectivity index is 2.27. The van der Waals surface area contributed by atoms with Crippen LogP contribution in [0.25, 0.3) is 11.6 Å². The van der Waals surface area contributed by atoms with Gasteiger partial charge in [0, 0.05) is 0 Å². The zero-order chi connectivity index (χ0) is 14.9. The Morgan fingerprint density at radius 1 is 1.00 bits per heavy atom. The molecule has 0 heterocycles. The predicted molar refractivity (Wildman–Crippen MR) is 86.6 cm³/mol. The van der Waals surface area contributed by atoms with Gasteiger partial charge >= 0.3 is 5.97 Å². The monoisotopic (exact) mass is 280 g/mol. The Kier molecular flexibility index (Phi) is 5.77. The van der Waals surface area contributed by atoms with Crippen molar-refractivity contribution in [1.29, 1.82) is 0 Å². The van der Waals surface area contributed by atoms with Crippen molar-refractivity contribution in [2.75, 3.05) is 6.61 Å². The van der Waals surface area contributed by atoms with Crippen molar-refractivity contribution in [3.63, 3.8) is 0 Å². The summed E-state index contributed by atoms with van der Waals surface area (Å²) in [6.07, 6.45) is 3.78. The highest BCUT2D eigenvalue weighted by molar-refractivity contribution is 6.21. The van der Waals surface area contributed by atoms with Gasteiger partial charge in [-0.05, 0) is 23.6 Å². The molecule has 0 aromatic heterocycles. The first-order valence-corrected chi connectivity index (χ1v) is 7.30. The van der Waals surface area contributed by atoms with E-state index in [4.69, 9.17) is 4.74 Å². The van der Waals surface area contributed by atoms with Crippen LogP contribution >= 0.6 is 0 Å². The first-order valence-electron chi connectivity index (χ1n) is 7.30. The number of esters is 1. The summed E-state index contributed by atoms with van der Waals surface area (Å²) in [6, 6.07) is 19.5. The van der Waals surface area contributed by atoms with E-state index < -0.39 is 0 Å². The minimum atomic E-state index is -0.265. The lowest BCUT2D eigenvalue weighted by atomic mass is 10.0. The summed E-state index contributed by atoms with van der Waals surface area (Å²) in [5, 5.41) is 0. The molecular weight excluding hydrogens is 260 g/mol. The van der Waals surface area contributed by atoms with Crippen LogP contribution in [-0.4, -0.2) is 12.6 Å². The first kappa shape index (κ1) is 15.0. The molecule has 2 heteroatoms. The number of ether oxygens (including phenoxy) is 1. The van der Waals surface area contributed by atoms with Crippen molar-refractivity contribution in [2.45, 2.75) is 19.8 Å². The Morgan fingerprint density at radius 3 is 2.24 bits per heavy atom. The molecule has 2 aromatic rings. The molecule has 0 aliphatic carbocycles. The van der Waals surface area contributed by atoms with Crippen LogP contribution in [0.5, 0.6) is 0 Å². The van der Waals surface area contributed by atoms with Gasteiger partial charge in [-0.3, -0.25) is 0 Å². The lowest BCUT2D eigenvalue weighted by Gasteiger charge is -2.08. The van der Waals surface area contributed by atoms with Crippen LogP contribution in [0.15, 0.2) is 60.7 Å². The minimum Gasteiger partial charge on any atom is -0.462 e. The summed E-state index contributed by atoms with van der Waals surface area (Å²) in [5.74, 6) is -0.265. The summed E-state index contributed by atoms with van der Waals surface area (Å²) in [7, 11) is 0. The fourth-order valence-corrected chi connectivity index (χ4v) is 1.98. The van der Waals surface area contributed by atoms with Crippen molar-refractivity contribution < 1.29 is 9.53 Å². The molecule has 2 aromatic carbocycles. The zero-order valence-corrected chi connectivity index (χ0v) is 12.3. The van der Waals surface area contributed by atoms with E-state index in [0.29, 0.717) is 12.2 Å². The number of benzene rings is 2. The summed E-state index contributed by atoms with van der Waals surface area (Å²) < 4.78 is 5.36. The van der Waals surface area contributed by atoms with Gasteiger partial charge in [0.2, 0.25) is 0 Å². The van der Waals surface area contributed by atoms with Crippen LogP contribution in [0.4, 0.5) is 0 Å². The van der Waals surface area contributed by atoms with Crippen LogP contribution in [0.3, 0.4) is 0 Å². The Bertz CT molecular complexity index is 585. The van der Waals surface area contributed by atoms with E-state index in [1.165, 1.54) is 0 Å². The fourth-order valence-electron chi connectivity index (χ4n) is 1.98. The third kappa shape index (κ3) is 4.60. The maximum Gasteiger partial charge on any atom is 0.338 e. The molecule has 0 aliphatic heterocycles. The van der Waals surface area contributed by atoms with E-state index in [2.05, 4.69) is 6.92 Å². The van der Waals surface area contributed by atoms with Crippen molar-refractivity contribution in [2.24, 2.45) is 0 Å². The van der Waals surface area contributed by atoms with Crippen LogP contribution in [0, 0.1) is 0 Å². The van der Waals surface area contributed by atoms with Gasteiger partial charge in [0.1, 0.15) is 0 Å². The molecule has 0 saturated heterocycles. The van der Waals surface area contributed by atoms with Gasteiger partial charge < -0.3 is 4.74 Å². The maximum absolute atomic E-state index is 12.3. The molecule has 0 N–H and O–H groups in total. The van der Waals surface area contributed by atoms with E-state index in [9.17, 15) is 4.79 Å². The number of carbonyl (C=O) groups is 1. The van der Waals surface area contributed by atoms with Crippen molar-refractivity contribution in [3.05, 3.63) is 71.8 Å². The quantitative estimate of drug-likeness (QED) is 0.335. The second kappa shape index (κ2) is 8.05. The molecule has 0 saturated carbocycles. The lowest BCUT2D eigenvalue weighted by molar-refractivity contribution is -0.136. The molecule has 0 unspecified atom stereocenters. The lowest BCUT2D eigenvalue weighted by Crippen LogP contribution is -2.08. The van der Waals surface area contributed by atoms with E-state index in [-0.39, 0.29) is 5.97 Å². The molecule has 108 valence electrons. The van der Waals surface area contributed by atoms with Gasteiger partial charge in [-0.2, -0.15) is 0 Å². The molecular formula is C19H20O2. The zero-order valence-electron chi connectivity index (χ0n) is 12.3. The normalized spacial score (nSPS) is 11.2. The number of hydrogen-bond donors (Lipinski definition) is 0. The number of rotatable bonds is 6. The highest BCUT2D eigenvalue weighted by Crippen LogP contribution is 2.20. The largest absolute Gasteiger partial charge is 0.462 e. The van der Waals surface area contributed by atoms with Gasteiger partial charge in [-0.15, -0.1) is 0 Å². The van der Waals surface area contributed by atoms with Gasteiger partial charge in [0.25, 0.3) is 0 Å². The van der Waals surface area contributed by atoms with E-state index in [1.807, 2.05) is 66.7 Å². The van der Waals surface area contributed by atoms with Crippen LogP contribution in [0.1, 0.15) is 30.9 Å². The molecule has 0 fully saturated rings. The highest BCUT2D eigenvalue weighted by Gasteiger charge is 2.13. The van der Waals surface area contributed by atoms with Gasteiger partial charge in [-0.1, -0.05) is 74.0 Å². The number of hydrogen-bond acceptors (Lipinski definition) is 2. The number of unbranched alkanes of at least 4 members (excludes halogenated alkanes) is 1. The second-order valence-corrected chi connectivity index (χ2v) is 4.82. The average molecular weight is 280 g/mol. The molecule has 0 spiro atoms. The summed E-state index contributed by atoms with van der Waals surface area (Å²) in [5.41, 5.74) is 2.46. The van der Waals surface area contributed by atoms with E-state index >= 15 is 0 Å². The molecule has 0 aliphatic rings. The molecule has 0 bridgehead atoms. The van der Waals surface area contributed by atoms with Crippen LogP contribution in [-0.2, 0) is 9.53 Å². The summed E-state index contributed by atoms with van der Waals surface area (Å²) in [6.45, 7) is 2.54. The van der Waals surface area contributed by atoms with Crippen molar-refractivity contribution in [1.82, 2.24) is 0 Å². The van der Waals surface area contributed by atoms with Crippen LogP contribution < -0.4 is 0 Å². The third-order valence-electron chi connectivity index (χ3n) is 3.15. The molecule has 0 atom stereocenters. The predicted octanol–water partition coefficient (Wildman–Crippen LogP) is 4.57. The number of carbonyl (C=O) groups excluding carboxylic acids is 1. The topological polar surface area (TPSA) is 26.3 Å². The minimum absolute atomic E-state index is 0.265. The SMILES string of the molecule is CCCCOC(=O)/C(=C/c1ccccc1)c1ccccc1. The van der Waals surface area contributed by atoms with Crippen molar-refractivity contribution >= 4 is 17.6 Å². The fraction of sp³-hybridized carbons (Fsp3) is 0.211. The Labute approximate surface area is 126 Å². The Morgan fingerprint density at radius 2 is 1.62 bits per heavy atom. The average Bonchev–Trinajstić information content (AvgIpc) is 2.54. The van der Waals surface area contributed by atoms with Gasteiger partial charge in [0.05, 0.1) is 12.2 Å². The maximum atomic E-state index is 12.3. The third-order valence-corrected chi connectivity index (χ3v) is 3.15. The molecule has 0 radical (unpaired) electrons. The summed E-state index contributed by atoms with van der Waals surface area (Å²) >= 11 is 0. The van der Waals surface area contributed by atoms with Gasteiger partial charge in [0.15, 0.2) is 0 Å². The first-order chi connectivity index (χ1) is 10.3. The molecule has 0 amide bonds. The highest BCUT2D eigenvalue weighted by atomic mass is 16.5. The molecule has 21 heavy (non-hydrogen) atoms. The molecule has 2 nitrogen and oxygen atoms in total. The Hall–Kier alpha value is -2.35. The molecule has 2 rings (SSSR count). The standard InChI is InChI=1S/C19H20O2/c1-2-3-14-21-19(20)18(17-12-8-5-9-13-17)15-16-10-6-4-7-11-16/h4-13,15H,2-3,14H2,1H3/b18-15+. The van der Waals surface area contributed by atoms with E-state index in [0.717, 1.165) is 24.0 Å². The smallest absolute Gasteiger partial charge is 0.338 e. The van der Waals surface area contributed by atoms with Crippen LogP contribution in [0.2, 0.25) is 0 Å². The van der Waals surface area contributed by atoms with Crippen molar-refractivity contribution in [3.8, 4) is 0 Å². The van der Waals surface area contributed by atoms with E-state index in [1.54, 1.807) is 0 Å². The summed E-state index contributed by atoms with van der Waals surface area (Å²) in [4.78, 5) is 12.3. The van der Waals surface area contributed by atoms with Gasteiger partial charge in [-0.25, -0.2) is 4.79 Å².